The molecule has 14 heteroatoms. The van der Waals surface area contributed by atoms with Crippen molar-refractivity contribution in [1.29, 1.82) is 0 Å². The number of nitrogens with zero attached hydrogens (tertiary/aromatic N) is 3. The molecule has 3 aliphatic heterocycles. The molecule has 0 unspecified atom stereocenters. The van der Waals surface area contributed by atoms with E-state index < -0.39 is 52.9 Å². The predicted octanol–water partition coefficient (Wildman–Crippen LogP) is 5.11. The number of fused-ring (bicyclic) bond motifs is 2. The summed E-state index contributed by atoms with van der Waals surface area (Å²) in [5.41, 5.74) is -0.0106. The first-order valence-corrected chi connectivity index (χ1v) is 21.3. The first-order chi connectivity index (χ1) is 25.2. The molecule has 12 nitrogen and oxygen atoms in total. The van der Waals surface area contributed by atoms with Crippen LogP contribution < -0.4 is 21.2 Å². The average molecular weight is 763 g/mol. The van der Waals surface area contributed by atoms with Gasteiger partial charge in [0.25, 0.3) is 0 Å². The van der Waals surface area contributed by atoms with Crippen LogP contribution in [-0.4, -0.2) is 84.7 Å². The van der Waals surface area contributed by atoms with Crippen molar-refractivity contribution in [3.05, 3.63) is 115 Å². The molecule has 0 saturated carbocycles. The normalized spacial score (nSPS) is 20.5. The molecule has 3 heterocycles. The van der Waals surface area contributed by atoms with Crippen LogP contribution in [0.15, 0.2) is 115 Å². The van der Waals surface area contributed by atoms with E-state index in [1.807, 2.05) is 118 Å². The molecule has 6 rings (SSSR count). The molecule has 2 fully saturated rings. The molecular formula is C39H47N4O8PS. The summed E-state index contributed by atoms with van der Waals surface area (Å²) in [4.78, 5) is 43.1. The summed E-state index contributed by atoms with van der Waals surface area (Å²) in [6, 6.07) is 24.8. The van der Waals surface area contributed by atoms with Gasteiger partial charge in [-0.1, -0.05) is 0 Å². The Morgan fingerprint density at radius 3 is 1.85 bits per heavy atom. The number of hydrogen-bond acceptors (Lipinski definition) is 8. The molecular weight excluding hydrogens is 715 g/mol. The number of hydrogen-bond donors (Lipinski definition) is 1. The standard InChI is InChI=1S/C39H47N4O8PS/c1-6-26-52(31-16-10-7-11-17-31,32-18-12-8-13-19-32,33-20-14-9-15-21-33)51-53(47,48)50-43-35-28-42(37(43)45)34(27-29(35)2)36(44)40-30-22-24-41(25-23-30)38(46)49-39(3,4)5/h6-21,26-27,30,34-35H,22-25,28H2,1-5H3,(H,40,44)/b26-6+/t34-,35-/m0/s1. The summed E-state index contributed by atoms with van der Waals surface area (Å²) < 4.78 is 46.7. The molecule has 282 valence electrons. The summed E-state index contributed by atoms with van der Waals surface area (Å²) >= 11 is 0. The molecule has 2 atom stereocenters. The number of nitrogens with one attached hydrogen (secondary N) is 1. The number of ether oxygens (including phenoxy) is 1. The number of carbonyl (C=O) groups excluding carboxylic acids is 3. The quantitative estimate of drug-likeness (QED) is 0.223. The Morgan fingerprint density at radius 1 is 0.868 bits per heavy atom. The summed E-state index contributed by atoms with van der Waals surface area (Å²) in [5, 5.41) is 5.67. The van der Waals surface area contributed by atoms with Gasteiger partial charge >= 0.3 is 272 Å². The van der Waals surface area contributed by atoms with Crippen molar-refractivity contribution in [3.63, 3.8) is 0 Å². The van der Waals surface area contributed by atoms with Gasteiger partial charge in [0.2, 0.25) is 0 Å². The van der Waals surface area contributed by atoms with E-state index in [1.165, 1.54) is 4.90 Å². The van der Waals surface area contributed by atoms with Crippen LogP contribution in [0.2, 0.25) is 0 Å². The van der Waals surface area contributed by atoms with Gasteiger partial charge in [-0.2, -0.15) is 0 Å². The van der Waals surface area contributed by atoms with Crippen molar-refractivity contribution in [2.75, 3.05) is 19.6 Å². The monoisotopic (exact) mass is 762 g/mol. The van der Waals surface area contributed by atoms with Crippen LogP contribution in [-0.2, 0) is 28.2 Å². The van der Waals surface area contributed by atoms with E-state index in [1.54, 1.807) is 30.9 Å². The second-order valence-corrected chi connectivity index (χ2v) is 20.1. The van der Waals surface area contributed by atoms with E-state index >= 15 is 0 Å². The summed E-state index contributed by atoms with van der Waals surface area (Å²) in [5.74, 6) is 1.41. The molecule has 0 aromatic heterocycles. The molecule has 0 radical (unpaired) electrons. The topological polar surface area (TPSA) is 135 Å². The van der Waals surface area contributed by atoms with Crippen LogP contribution in [0.5, 0.6) is 0 Å². The van der Waals surface area contributed by atoms with Gasteiger partial charge in [-0.3, -0.25) is 0 Å². The summed E-state index contributed by atoms with van der Waals surface area (Å²) in [6.45, 7) is 5.32. The molecule has 2 saturated heterocycles. The van der Waals surface area contributed by atoms with E-state index in [9.17, 15) is 22.8 Å². The number of benzene rings is 3. The SMILES string of the molecule is C/C=C/P(OS(=O)(=O)ON1C(=O)N2C[C@H]1C(C)=C[C@H]2C(=O)NC1CCN(C(=O)OC(C)(C)C)CC1)(c1ccccc1)(c1ccccc1)c1ccccc1. The predicted molar refractivity (Wildman–Crippen MR) is 205 cm³/mol. The van der Waals surface area contributed by atoms with Gasteiger partial charge < -0.3 is 9.64 Å². The number of piperidine rings is 1. The van der Waals surface area contributed by atoms with Crippen LogP contribution in [0.1, 0.15) is 47.5 Å². The summed E-state index contributed by atoms with van der Waals surface area (Å²) in [7, 11) is -5.01. The molecule has 1 N–H and O–H groups in total. The number of allylic oxidation sites excluding steroid dienone is 1. The Hall–Kier alpha value is -4.55. The second kappa shape index (κ2) is 14.7. The van der Waals surface area contributed by atoms with Crippen LogP contribution in [0.25, 0.3) is 0 Å². The fourth-order valence-corrected chi connectivity index (χ4v) is 14.8. The van der Waals surface area contributed by atoms with Crippen molar-refractivity contribution in [2.45, 2.75) is 71.2 Å². The van der Waals surface area contributed by atoms with Crippen molar-refractivity contribution in [3.8, 4) is 0 Å². The molecule has 3 aliphatic rings. The van der Waals surface area contributed by atoms with Gasteiger partial charge in [0.05, 0.1) is 0 Å². The van der Waals surface area contributed by atoms with Gasteiger partial charge in [0, 0.05) is 0 Å². The van der Waals surface area contributed by atoms with E-state index in [2.05, 4.69) is 5.32 Å². The van der Waals surface area contributed by atoms with Crippen LogP contribution in [0.4, 0.5) is 9.59 Å². The molecule has 4 amide bonds. The van der Waals surface area contributed by atoms with Crippen molar-refractivity contribution >= 4 is 51.2 Å². The van der Waals surface area contributed by atoms with E-state index in [4.69, 9.17) is 13.0 Å². The van der Waals surface area contributed by atoms with E-state index in [0.29, 0.717) is 47.4 Å². The Bertz CT molecular complexity index is 1900. The van der Waals surface area contributed by atoms with E-state index in [0.717, 1.165) is 5.06 Å². The fourth-order valence-electron chi connectivity index (χ4n) is 7.35. The molecule has 0 spiro atoms. The third-order valence-electron chi connectivity index (χ3n) is 9.79. The maximum atomic E-state index is 14.5. The van der Waals surface area contributed by atoms with Crippen LogP contribution >= 0.6 is 6.83 Å². The van der Waals surface area contributed by atoms with E-state index in [-0.39, 0.29) is 12.6 Å². The summed E-state index contributed by atoms with van der Waals surface area (Å²) in [6.07, 6.45) is 4.08. The average Bonchev–Trinajstić information content (AvgIpc) is 3.40. The maximum absolute atomic E-state index is 14.5. The zero-order valence-corrected chi connectivity index (χ0v) is 32.3. The molecule has 3 aromatic rings. The fraction of sp³-hybridized carbons (Fsp3) is 0.359. The second-order valence-electron chi connectivity index (χ2n) is 14.5. The zero-order chi connectivity index (χ0) is 38.0. The Labute approximate surface area is 311 Å². The molecule has 3 aromatic carbocycles. The van der Waals surface area contributed by atoms with Gasteiger partial charge in [-0.25, -0.2) is 4.79 Å². The molecule has 0 aliphatic carbocycles. The van der Waals surface area contributed by atoms with Gasteiger partial charge in [-0.05, 0) is 20.8 Å². The van der Waals surface area contributed by atoms with Crippen molar-refractivity contribution in [1.82, 2.24) is 20.2 Å². The van der Waals surface area contributed by atoms with Gasteiger partial charge in [-0.15, -0.1) is 0 Å². The number of rotatable bonds is 10. The number of carbonyl (C=O) groups is 3. The van der Waals surface area contributed by atoms with Crippen molar-refractivity contribution in [2.24, 2.45) is 0 Å². The number of hydroxylamine groups is 2. The zero-order valence-electron chi connectivity index (χ0n) is 30.6. The third-order valence-corrected chi connectivity index (χ3v) is 16.9. The third kappa shape index (κ3) is 7.35. The minimum atomic E-state index is -5.01. The first kappa shape index (κ1) is 38.2. The van der Waals surface area contributed by atoms with Crippen molar-refractivity contribution < 1.29 is 35.8 Å². The Kier molecular flexibility index (Phi) is 10.6. The van der Waals surface area contributed by atoms with Gasteiger partial charge in [0.15, 0.2) is 0 Å². The number of likely N-dealkylation sites (tertiary alicyclic amines) is 1. The van der Waals surface area contributed by atoms with Gasteiger partial charge in [0.1, 0.15) is 5.60 Å². The van der Waals surface area contributed by atoms with Crippen LogP contribution in [0, 0.1) is 0 Å². The minimum absolute atomic E-state index is 0.0420. The Morgan fingerprint density at radius 2 is 1.38 bits per heavy atom. The van der Waals surface area contributed by atoms with Crippen LogP contribution in [0.3, 0.4) is 0 Å². The molecule has 2 bridgehead atoms. The number of amides is 4. The number of urea groups is 1. The Balaban J connectivity index is 1.25. The molecule has 53 heavy (non-hydrogen) atoms. The first-order valence-electron chi connectivity index (χ1n) is 17.7.